The zero-order valence-corrected chi connectivity index (χ0v) is 15.9. The van der Waals surface area contributed by atoms with Gasteiger partial charge in [0.2, 0.25) is 5.91 Å². The smallest absolute Gasteiger partial charge is 0.321 e. The Morgan fingerprint density at radius 3 is 2.50 bits per heavy atom. The van der Waals surface area contributed by atoms with Crippen LogP contribution in [0.3, 0.4) is 0 Å². The van der Waals surface area contributed by atoms with Gasteiger partial charge in [-0.2, -0.15) is 0 Å². The predicted octanol–water partition coefficient (Wildman–Crippen LogP) is 2.74. The summed E-state index contributed by atoms with van der Waals surface area (Å²) >= 11 is 0. The van der Waals surface area contributed by atoms with Crippen LogP contribution < -0.4 is 16.4 Å². The van der Waals surface area contributed by atoms with E-state index < -0.39 is 0 Å². The van der Waals surface area contributed by atoms with Crippen LogP contribution in [0.25, 0.3) is 0 Å². The van der Waals surface area contributed by atoms with Crippen LogP contribution in [0.2, 0.25) is 0 Å². The molecule has 1 aromatic carbocycles. The second-order valence-electron chi connectivity index (χ2n) is 7.26. The molecule has 1 saturated carbocycles. The molecule has 26 heavy (non-hydrogen) atoms. The van der Waals surface area contributed by atoms with Crippen molar-refractivity contribution in [3.63, 3.8) is 0 Å². The molecule has 1 aromatic rings. The molecule has 1 aliphatic carbocycles. The van der Waals surface area contributed by atoms with Crippen LogP contribution in [-0.4, -0.2) is 42.0 Å². The van der Waals surface area contributed by atoms with E-state index in [4.69, 9.17) is 5.73 Å². The van der Waals surface area contributed by atoms with Crippen molar-refractivity contribution < 1.29 is 9.59 Å². The minimum atomic E-state index is -0.230. The molecule has 0 bridgehead atoms. The molecule has 1 atom stereocenters. The molecule has 1 unspecified atom stereocenters. The fourth-order valence-corrected chi connectivity index (χ4v) is 3.89. The maximum Gasteiger partial charge on any atom is 0.321 e. The number of hydrogen-bond donors (Lipinski definition) is 3. The molecule has 2 aliphatic rings. The van der Waals surface area contributed by atoms with Crippen molar-refractivity contribution in [2.75, 3.05) is 25.0 Å². The number of nitrogens with one attached hydrogen (secondary N) is 2. The van der Waals surface area contributed by atoms with Crippen LogP contribution in [0, 0.1) is 5.92 Å². The zero-order chi connectivity index (χ0) is 17.7. The van der Waals surface area contributed by atoms with Crippen LogP contribution >= 0.6 is 12.4 Å². The minimum absolute atomic E-state index is 0. The highest BCUT2D eigenvalue weighted by molar-refractivity contribution is 5.90. The van der Waals surface area contributed by atoms with Gasteiger partial charge in [0.1, 0.15) is 0 Å². The SMILES string of the molecule is Cl.NCC1(NC(=O)C2CCCN(C(=O)Nc3ccccc3)C2)CCCC1. The third-order valence-electron chi connectivity index (χ3n) is 5.44. The number of carbonyl (C=O) groups is 2. The van der Waals surface area contributed by atoms with Gasteiger partial charge in [-0.25, -0.2) is 4.79 Å². The maximum atomic E-state index is 12.7. The molecule has 4 N–H and O–H groups in total. The Bertz CT molecular complexity index is 605. The van der Waals surface area contributed by atoms with Crippen molar-refractivity contribution in [1.29, 1.82) is 0 Å². The Labute approximate surface area is 161 Å². The second kappa shape index (κ2) is 9.24. The van der Waals surface area contributed by atoms with Gasteiger partial charge in [0, 0.05) is 25.3 Å². The standard InChI is InChI=1S/C19H28N4O2.ClH/c20-14-19(10-4-5-11-19)22-17(24)15-7-6-12-23(13-15)18(25)21-16-8-2-1-3-9-16;/h1-3,8-9,15H,4-7,10-14,20H2,(H,21,25)(H,22,24);1H. The van der Waals surface area contributed by atoms with E-state index in [1.807, 2.05) is 30.3 Å². The number of hydrogen-bond acceptors (Lipinski definition) is 3. The summed E-state index contributed by atoms with van der Waals surface area (Å²) in [6.45, 7) is 1.64. The molecule has 7 heteroatoms. The Morgan fingerprint density at radius 1 is 1.15 bits per heavy atom. The summed E-state index contributed by atoms with van der Waals surface area (Å²) in [7, 11) is 0. The van der Waals surface area contributed by atoms with Gasteiger partial charge in [0.05, 0.1) is 11.5 Å². The van der Waals surface area contributed by atoms with Crippen LogP contribution in [0.15, 0.2) is 30.3 Å². The van der Waals surface area contributed by atoms with E-state index >= 15 is 0 Å². The molecule has 0 spiro atoms. The number of carbonyl (C=O) groups excluding carboxylic acids is 2. The average Bonchev–Trinajstić information content (AvgIpc) is 3.11. The van der Waals surface area contributed by atoms with Crippen LogP contribution in [0.1, 0.15) is 38.5 Å². The number of benzene rings is 1. The molecular weight excluding hydrogens is 352 g/mol. The van der Waals surface area contributed by atoms with Crippen molar-refractivity contribution in [2.24, 2.45) is 11.7 Å². The highest BCUT2D eigenvalue weighted by Gasteiger charge is 2.37. The lowest BCUT2D eigenvalue weighted by Gasteiger charge is -2.35. The van der Waals surface area contributed by atoms with Gasteiger partial charge in [-0.05, 0) is 37.8 Å². The Kier molecular flexibility index (Phi) is 7.29. The lowest BCUT2D eigenvalue weighted by Crippen LogP contribution is -2.55. The number of halogens is 1. The molecule has 3 amide bonds. The first-order valence-electron chi connectivity index (χ1n) is 9.25. The quantitative estimate of drug-likeness (QED) is 0.750. The Hall–Kier alpha value is -1.79. The van der Waals surface area contributed by atoms with Crippen molar-refractivity contribution in [2.45, 2.75) is 44.1 Å². The first kappa shape index (κ1) is 20.5. The molecule has 1 aliphatic heterocycles. The molecule has 1 heterocycles. The second-order valence-corrected chi connectivity index (χ2v) is 7.26. The normalized spacial score (nSPS) is 21.6. The fourth-order valence-electron chi connectivity index (χ4n) is 3.89. The minimum Gasteiger partial charge on any atom is -0.349 e. The summed E-state index contributed by atoms with van der Waals surface area (Å²) in [5.41, 5.74) is 6.46. The summed E-state index contributed by atoms with van der Waals surface area (Å²) in [4.78, 5) is 26.9. The lowest BCUT2D eigenvalue weighted by atomic mass is 9.93. The molecular formula is C19H29ClN4O2. The Morgan fingerprint density at radius 2 is 1.85 bits per heavy atom. The zero-order valence-electron chi connectivity index (χ0n) is 15.1. The highest BCUT2D eigenvalue weighted by atomic mass is 35.5. The maximum absolute atomic E-state index is 12.7. The average molecular weight is 381 g/mol. The van der Waals surface area contributed by atoms with E-state index in [1.54, 1.807) is 4.90 Å². The van der Waals surface area contributed by atoms with E-state index in [0.717, 1.165) is 44.2 Å². The number of urea groups is 1. The van der Waals surface area contributed by atoms with Gasteiger partial charge in [-0.15, -0.1) is 12.4 Å². The summed E-state index contributed by atoms with van der Waals surface area (Å²) in [6, 6.07) is 9.26. The third kappa shape index (κ3) is 4.89. The first-order chi connectivity index (χ1) is 12.1. The van der Waals surface area contributed by atoms with Gasteiger partial charge in [0.25, 0.3) is 0 Å². The molecule has 2 fully saturated rings. The van der Waals surface area contributed by atoms with Crippen molar-refractivity contribution in [3.8, 4) is 0 Å². The van der Waals surface area contributed by atoms with E-state index in [9.17, 15) is 9.59 Å². The number of amides is 3. The number of piperidine rings is 1. The van der Waals surface area contributed by atoms with E-state index in [-0.39, 0.29) is 35.8 Å². The van der Waals surface area contributed by atoms with Crippen molar-refractivity contribution >= 4 is 30.0 Å². The topological polar surface area (TPSA) is 87.5 Å². The number of nitrogens with zero attached hydrogens (tertiary/aromatic N) is 1. The number of nitrogens with two attached hydrogens (primary N) is 1. The van der Waals surface area contributed by atoms with Crippen LogP contribution in [-0.2, 0) is 4.79 Å². The van der Waals surface area contributed by atoms with Gasteiger partial charge >= 0.3 is 6.03 Å². The summed E-state index contributed by atoms with van der Waals surface area (Å²) in [5, 5.41) is 6.10. The Balaban J connectivity index is 0.00000243. The molecule has 1 saturated heterocycles. The van der Waals surface area contributed by atoms with Gasteiger partial charge in [0.15, 0.2) is 0 Å². The fraction of sp³-hybridized carbons (Fsp3) is 0.579. The molecule has 144 valence electrons. The van der Waals surface area contributed by atoms with Gasteiger partial charge in [-0.1, -0.05) is 31.0 Å². The summed E-state index contributed by atoms with van der Waals surface area (Å²) in [5.74, 6) is -0.108. The first-order valence-corrected chi connectivity index (χ1v) is 9.25. The summed E-state index contributed by atoms with van der Waals surface area (Å²) in [6.07, 6.45) is 5.82. The van der Waals surface area contributed by atoms with E-state index in [1.165, 1.54) is 0 Å². The number of likely N-dealkylation sites (tertiary alicyclic amines) is 1. The van der Waals surface area contributed by atoms with Crippen LogP contribution in [0.5, 0.6) is 0 Å². The molecule has 6 nitrogen and oxygen atoms in total. The van der Waals surface area contributed by atoms with Gasteiger partial charge < -0.3 is 21.3 Å². The lowest BCUT2D eigenvalue weighted by molar-refractivity contribution is -0.128. The predicted molar refractivity (Wildman–Crippen MR) is 105 cm³/mol. The van der Waals surface area contributed by atoms with Gasteiger partial charge in [-0.3, -0.25) is 4.79 Å². The molecule has 0 radical (unpaired) electrons. The highest BCUT2D eigenvalue weighted by Crippen LogP contribution is 2.29. The number of para-hydroxylation sites is 1. The summed E-state index contributed by atoms with van der Waals surface area (Å²) < 4.78 is 0. The largest absolute Gasteiger partial charge is 0.349 e. The van der Waals surface area contributed by atoms with E-state index in [2.05, 4.69) is 10.6 Å². The van der Waals surface area contributed by atoms with Crippen molar-refractivity contribution in [3.05, 3.63) is 30.3 Å². The molecule has 0 aromatic heterocycles. The number of rotatable bonds is 4. The molecule has 3 rings (SSSR count). The third-order valence-corrected chi connectivity index (χ3v) is 5.44. The van der Waals surface area contributed by atoms with E-state index in [0.29, 0.717) is 19.6 Å². The number of anilines is 1. The van der Waals surface area contributed by atoms with Crippen LogP contribution in [0.4, 0.5) is 10.5 Å². The van der Waals surface area contributed by atoms with Crippen molar-refractivity contribution in [1.82, 2.24) is 10.2 Å². The monoisotopic (exact) mass is 380 g/mol.